The van der Waals surface area contributed by atoms with Gasteiger partial charge in [-0.05, 0) is 25.1 Å². The summed E-state index contributed by atoms with van der Waals surface area (Å²) < 4.78 is 9.77. The van der Waals surface area contributed by atoms with E-state index >= 15 is 0 Å². The van der Waals surface area contributed by atoms with Gasteiger partial charge in [-0.2, -0.15) is 0 Å². The lowest BCUT2D eigenvalue weighted by atomic mass is 10.1. The van der Waals surface area contributed by atoms with Crippen LogP contribution in [0.1, 0.15) is 17.3 Å². The van der Waals surface area contributed by atoms with Gasteiger partial charge in [0.2, 0.25) is 0 Å². The highest BCUT2D eigenvalue weighted by Crippen LogP contribution is 2.20. The second kappa shape index (κ2) is 8.11. The summed E-state index contributed by atoms with van der Waals surface area (Å²) in [5.41, 5.74) is 6.10. The van der Waals surface area contributed by atoms with Crippen LogP contribution in [0.15, 0.2) is 18.2 Å². The minimum absolute atomic E-state index is 0.0737. The molecular formula is C14H20N2O5. The molecule has 0 unspecified atom stereocenters. The summed E-state index contributed by atoms with van der Waals surface area (Å²) in [5.74, 6) is -1.05. The fourth-order valence-electron chi connectivity index (χ4n) is 1.72. The highest BCUT2D eigenvalue weighted by molar-refractivity contribution is 6.00. The number of hydrogen-bond acceptors (Lipinski definition) is 6. The standard InChI is InChI=1S/C14H20N2O5/c1-3-21-13(18)9-16(6-7-20-2)14(19)11-8-10(17)4-5-12(11)15/h4-5,8,17H,3,6-7,9,15H2,1-2H3. The van der Waals surface area contributed by atoms with Gasteiger partial charge >= 0.3 is 5.97 Å². The molecule has 0 saturated carbocycles. The molecule has 0 heterocycles. The number of benzene rings is 1. The van der Waals surface area contributed by atoms with E-state index in [1.165, 1.54) is 30.2 Å². The molecule has 1 aromatic carbocycles. The van der Waals surface area contributed by atoms with E-state index in [0.717, 1.165) is 0 Å². The first-order valence-electron chi connectivity index (χ1n) is 6.52. The number of nitrogens with zero attached hydrogens (tertiary/aromatic N) is 1. The normalized spacial score (nSPS) is 10.2. The first-order valence-corrected chi connectivity index (χ1v) is 6.52. The quantitative estimate of drug-likeness (QED) is 0.434. The minimum atomic E-state index is -0.513. The number of phenolic OH excluding ortho intramolecular Hbond substituents is 1. The number of nitrogens with two attached hydrogens (primary N) is 1. The molecule has 0 bridgehead atoms. The molecule has 1 rings (SSSR count). The number of amides is 1. The number of nitrogen functional groups attached to an aromatic ring is 1. The minimum Gasteiger partial charge on any atom is -0.508 e. The van der Waals surface area contributed by atoms with Gasteiger partial charge in [0.1, 0.15) is 12.3 Å². The van der Waals surface area contributed by atoms with Crippen molar-refractivity contribution in [2.45, 2.75) is 6.92 Å². The molecule has 0 aliphatic heterocycles. The number of carbonyl (C=O) groups is 2. The van der Waals surface area contributed by atoms with Crippen LogP contribution in [-0.2, 0) is 14.3 Å². The van der Waals surface area contributed by atoms with Crippen molar-refractivity contribution in [3.8, 4) is 5.75 Å². The number of esters is 1. The molecule has 7 nitrogen and oxygen atoms in total. The van der Waals surface area contributed by atoms with Gasteiger partial charge in [-0.25, -0.2) is 0 Å². The van der Waals surface area contributed by atoms with Crippen molar-refractivity contribution in [3.05, 3.63) is 23.8 Å². The van der Waals surface area contributed by atoms with Gasteiger partial charge in [-0.3, -0.25) is 9.59 Å². The maximum Gasteiger partial charge on any atom is 0.325 e. The van der Waals surface area contributed by atoms with Crippen molar-refractivity contribution in [1.29, 1.82) is 0 Å². The Hall–Kier alpha value is -2.28. The smallest absolute Gasteiger partial charge is 0.325 e. The maximum atomic E-state index is 12.4. The molecular weight excluding hydrogens is 276 g/mol. The zero-order chi connectivity index (χ0) is 15.8. The van der Waals surface area contributed by atoms with Crippen LogP contribution in [0.3, 0.4) is 0 Å². The van der Waals surface area contributed by atoms with Crippen molar-refractivity contribution in [1.82, 2.24) is 4.90 Å². The molecule has 116 valence electrons. The van der Waals surface area contributed by atoms with Crippen LogP contribution >= 0.6 is 0 Å². The summed E-state index contributed by atoms with van der Waals surface area (Å²) in [5, 5.41) is 9.47. The first-order chi connectivity index (χ1) is 9.99. The van der Waals surface area contributed by atoms with Gasteiger partial charge in [-0.1, -0.05) is 0 Å². The van der Waals surface area contributed by atoms with Crippen LogP contribution < -0.4 is 5.73 Å². The van der Waals surface area contributed by atoms with Crippen LogP contribution in [0.4, 0.5) is 5.69 Å². The van der Waals surface area contributed by atoms with Crippen LogP contribution in [0.2, 0.25) is 0 Å². The lowest BCUT2D eigenvalue weighted by Crippen LogP contribution is -2.39. The Morgan fingerprint density at radius 1 is 1.38 bits per heavy atom. The van der Waals surface area contributed by atoms with Gasteiger partial charge in [0.15, 0.2) is 0 Å². The van der Waals surface area contributed by atoms with E-state index < -0.39 is 11.9 Å². The van der Waals surface area contributed by atoms with E-state index in [-0.39, 0.29) is 43.3 Å². The van der Waals surface area contributed by atoms with Gasteiger partial charge in [0.05, 0.1) is 18.8 Å². The number of hydrogen-bond donors (Lipinski definition) is 2. The van der Waals surface area contributed by atoms with Crippen LogP contribution in [0, 0.1) is 0 Å². The van der Waals surface area contributed by atoms with Crippen molar-refractivity contribution < 1.29 is 24.2 Å². The lowest BCUT2D eigenvalue weighted by molar-refractivity contribution is -0.143. The van der Waals surface area contributed by atoms with E-state index in [9.17, 15) is 14.7 Å². The van der Waals surface area contributed by atoms with Gasteiger partial charge in [0, 0.05) is 19.3 Å². The lowest BCUT2D eigenvalue weighted by Gasteiger charge is -2.22. The van der Waals surface area contributed by atoms with Crippen LogP contribution in [0.25, 0.3) is 0 Å². The average Bonchev–Trinajstić information content (AvgIpc) is 2.45. The zero-order valence-electron chi connectivity index (χ0n) is 12.2. The number of anilines is 1. The number of carbonyl (C=O) groups excluding carboxylic acids is 2. The molecule has 7 heteroatoms. The third-order valence-corrected chi connectivity index (χ3v) is 2.75. The molecule has 0 fully saturated rings. The molecule has 1 amide bonds. The highest BCUT2D eigenvalue weighted by Gasteiger charge is 2.21. The van der Waals surface area contributed by atoms with Crippen molar-refractivity contribution in [3.63, 3.8) is 0 Å². The van der Waals surface area contributed by atoms with E-state index in [4.69, 9.17) is 15.2 Å². The molecule has 21 heavy (non-hydrogen) atoms. The van der Waals surface area contributed by atoms with E-state index in [1.54, 1.807) is 6.92 Å². The Balaban J connectivity index is 2.92. The maximum absolute atomic E-state index is 12.4. The van der Waals surface area contributed by atoms with Gasteiger partial charge in [0.25, 0.3) is 5.91 Å². The average molecular weight is 296 g/mol. The summed E-state index contributed by atoms with van der Waals surface area (Å²) in [7, 11) is 1.50. The third kappa shape index (κ3) is 4.96. The Kier molecular flexibility index (Phi) is 6.48. The summed E-state index contributed by atoms with van der Waals surface area (Å²) in [4.78, 5) is 25.3. The second-order valence-corrected chi connectivity index (χ2v) is 4.30. The molecule has 0 spiro atoms. The highest BCUT2D eigenvalue weighted by atomic mass is 16.5. The van der Waals surface area contributed by atoms with Crippen molar-refractivity contribution in [2.75, 3.05) is 39.1 Å². The van der Waals surface area contributed by atoms with Crippen LogP contribution in [-0.4, -0.2) is 55.3 Å². The van der Waals surface area contributed by atoms with Crippen LogP contribution in [0.5, 0.6) is 5.75 Å². The SMILES string of the molecule is CCOC(=O)CN(CCOC)C(=O)c1cc(O)ccc1N. The fraction of sp³-hybridized carbons (Fsp3) is 0.429. The number of ether oxygens (including phenoxy) is 2. The topological polar surface area (TPSA) is 102 Å². The van der Waals surface area contributed by atoms with E-state index in [0.29, 0.717) is 0 Å². The number of rotatable bonds is 7. The Morgan fingerprint density at radius 3 is 2.71 bits per heavy atom. The number of phenols is 1. The Morgan fingerprint density at radius 2 is 2.10 bits per heavy atom. The van der Waals surface area contributed by atoms with E-state index in [2.05, 4.69) is 0 Å². The second-order valence-electron chi connectivity index (χ2n) is 4.30. The molecule has 0 aliphatic rings. The predicted molar refractivity (Wildman–Crippen MR) is 76.9 cm³/mol. The predicted octanol–water partition coefficient (Wildman–Crippen LogP) is 0.626. The number of methoxy groups -OCH3 is 1. The molecule has 3 N–H and O–H groups in total. The van der Waals surface area contributed by atoms with Crippen molar-refractivity contribution >= 4 is 17.6 Å². The summed E-state index contributed by atoms with van der Waals surface area (Å²) >= 11 is 0. The van der Waals surface area contributed by atoms with Gasteiger partial charge < -0.3 is 25.2 Å². The zero-order valence-corrected chi connectivity index (χ0v) is 12.2. The summed E-state index contributed by atoms with van der Waals surface area (Å²) in [6.07, 6.45) is 0. The molecule has 0 atom stereocenters. The fourth-order valence-corrected chi connectivity index (χ4v) is 1.72. The van der Waals surface area contributed by atoms with Gasteiger partial charge in [-0.15, -0.1) is 0 Å². The molecule has 0 radical (unpaired) electrons. The Bertz CT molecular complexity index is 504. The van der Waals surface area contributed by atoms with E-state index in [1.807, 2.05) is 0 Å². The Labute approximate surface area is 123 Å². The molecule has 0 aromatic heterocycles. The first kappa shape index (κ1) is 16.8. The monoisotopic (exact) mass is 296 g/mol. The third-order valence-electron chi connectivity index (χ3n) is 2.75. The largest absolute Gasteiger partial charge is 0.508 e. The molecule has 0 saturated heterocycles. The summed E-state index contributed by atoms with van der Waals surface area (Å²) in [6.45, 7) is 2.20. The summed E-state index contributed by atoms with van der Waals surface area (Å²) in [6, 6.07) is 4.08. The number of aromatic hydroxyl groups is 1. The molecule has 0 aliphatic carbocycles. The van der Waals surface area contributed by atoms with Crippen molar-refractivity contribution in [2.24, 2.45) is 0 Å². The molecule has 1 aromatic rings.